The fourth-order valence-electron chi connectivity index (χ4n) is 4.30. The van der Waals surface area contributed by atoms with E-state index in [1.54, 1.807) is 0 Å². The van der Waals surface area contributed by atoms with Crippen molar-refractivity contribution in [2.75, 3.05) is 6.54 Å². The molecule has 0 bridgehead atoms. The first-order chi connectivity index (χ1) is 10.0. The number of amides is 1. The monoisotopic (exact) mass is 282 g/mol. The number of aromatic amines is 1. The topological polar surface area (TPSA) is 36.1 Å². The number of H-pyrrole nitrogens is 1. The van der Waals surface area contributed by atoms with E-state index in [9.17, 15) is 4.79 Å². The molecule has 3 heteroatoms. The van der Waals surface area contributed by atoms with E-state index in [-0.39, 0.29) is 5.54 Å². The van der Waals surface area contributed by atoms with E-state index in [0.717, 1.165) is 19.4 Å². The SMILES string of the molecule is Cc1ccc2[nH]c3c(c2c1)CCN1C(=O)CC[C@@H](C)[C@]31C. The first kappa shape index (κ1) is 12.9. The maximum absolute atomic E-state index is 12.4. The van der Waals surface area contributed by atoms with Crippen LogP contribution in [0.15, 0.2) is 18.2 Å². The Morgan fingerprint density at radius 1 is 1.33 bits per heavy atom. The summed E-state index contributed by atoms with van der Waals surface area (Å²) in [7, 11) is 0. The molecule has 1 aromatic carbocycles. The molecule has 110 valence electrons. The van der Waals surface area contributed by atoms with Gasteiger partial charge in [0.1, 0.15) is 0 Å². The van der Waals surface area contributed by atoms with Gasteiger partial charge in [-0.3, -0.25) is 4.79 Å². The van der Waals surface area contributed by atoms with Crippen LogP contribution < -0.4 is 0 Å². The molecule has 2 atom stereocenters. The lowest BCUT2D eigenvalue weighted by Crippen LogP contribution is -2.57. The molecule has 4 rings (SSSR count). The van der Waals surface area contributed by atoms with Crippen LogP contribution in [0.1, 0.15) is 43.5 Å². The first-order valence-corrected chi connectivity index (χ1v) is 7.94. The molecule has 0 spiro atoms. The van der Waals surface area contributed by atoms with Gasteiger partial charge in [-0.05, 0) is 50.3 Å². The second-order valence-corrected chi connectivity index (χ2v) is 6.91. The molecule has 2 aromatic rings. The zero-order valence-corrected chi connectivity index (χ0v) is 13.0. The van der Waals surface area contributed by atoms with Crippen molar-refractivity contribution < 1.29 is 4.79 Å². The van der Waals surface area contributed by atoms with Crippen LogP contribution >= 0.6 is 0 Å². The summed E-state index contributed by atoms with van der Waals surface area (Å²) < 4.78 is 0. The Hall–Kier alpha value is -1.77. The third-order valence-electron chi connectivity index (χ3n) is 5.77. The molecular formula is C18H22N2O. The molecule has 1 saturated heterocycles. The Kier molecular flexibility index (Phi) is 2.54. The number of piperidine rings is 1. The fourth-order valence-corrected chi connectivity index (χ4v) is 4.30. The van der Waals surface area contributed by atoms with Gasteiger partial charge >= 0.3 is 0 Å². The average Bonchev–Trinajstić information content (AvgIpc) is 2.83. The summed E-state index contributed by atoms with van der Waals surface area (Å²) in [5, 5.41) is 1.34. The number of aromatic nitrogens is 1. The highest BCUT2D eigenvalue weighted by Crippen LogP contribution is 2.47. The van der Waals surface area contributed by atoms with E-state index in [4.69, 9.17) is 0 Å². The molecule has 1 amide bonds. The number of carbonyl (C=O) groups is 1. The van der Waals surface area contributed by atoms with E-state index in [2.05, 4.69) is 48.9 Å². The number of hydrogen-bond donors (Lipinski definition) is 1. The maximum atomic E-state index is 12.4. The molecule has 1 aromatic heterocycles. The highest BCUT2D eigenvalue weighted by atomic mass is 16.2. The molecule has 3 heterocycles. The van der Waals surface area contributed by atoms with Gasteiger partial charge in [-0.25, -0.2) is 0 Å². The number of carbonyl (C=O) groups excluding carboxylic acids is 1. The van der Waals surface area contributed by atoms with Crippen molar-refractivity contribution >= 4 is 16.8 Å². The van der Waals surface area contributed by atoms with Crippen LogP contribution in [0, 0.1) is 12.8 Å². The lowest BCUT2D eigenvalue weighted by Gasteiger charge is -2.51. The van der Waals surface area contributed by atoms with Gasteiger partial charge in [-0.1, -0.05) is 18.6 Å². The number of hydrogen-bond acceptors (Lipinski definition) is 1. The lowest BCUT2D eigenvalue weighted by molar-refractivity contribution is -0.146. The van der Waals surface area contributed by atoms with Crippen molar-refractivity contribution in [3.05, 3.63) is 35.0 Å². The molecule has 0 aliphatic carbocycles. The van der Waals surface area contributed by atoms with Crippen LogP contribution in [0.5, 0.6) is 0 Å². The first-order valence-electron chi connectivity index (χ1n) is 7.94. The van der Waals surface area contributed by atoms with Crippen molar-refractivity contribution in [2.45, 2.75) is 45.6 Å². The summed E-state index contributed by atoms with van der Waals surface area (Å²) in [5.41, 5.74) is 5.03. The predicted octanol–water partition coefficient (Wildman–Crippen LogP) is 3.51. The Labute approximate surface area is 125 Å². The molecule has 2 aliphatic rings. The Balaban J connectivity index is 1.98. The minimum atomic E-state index is -0.171. The van der Waals surface area contributed by atoms with Crippen molar-refractivity contribution in [3.8, 4) is 0 Å². The summed E-state index contributed by atoms with van der Waals surface area (Å²) in [6.07, 6.45) is 2.65. The van der Waals surface area contributed by atoms with Crippen molar-refractivity contribution in [1.29, 1.82) is 0 Å². The number of rotatable bonds is 0. The number of nitrogens with zero attached hydrogens (tertiary/aromatic N) is 1. The molecule has 0 unspecified atom stereocenters. The van der Waals surface area contributed by atoms with E-state index < -0.39 is 0 Å². The minimum absolute atomic E-state index is 0.171. The molecule has 1 N–H and O–H groups in total. The normalized spacial score (nSPS) is 28.6. The number of nitrogens with one attached hydrogen (secondary N) is 1. The number of fused-ring (bicyclic) bond motifs is 5. The van der Waals surface area contributed by atoms with Gasteiger partial charge in [0.05, 0.1) is 5.54 Å². The largest absolute Gasteiger partial charge is 0.356 e. The van der Waals surface area contributed by atoms with Crippen LogP contribution in [0.25, 0.3) is 10.9 Å². The molecule has 21 heavy (non-hydrogen) atoms. The van der Waals surface area contributed by atoms with Crippen LogP contribution in [0.2, 0.25) is 0 Å². The summed E-state index contributed by atoms with van der Waals surface area (Å²) in [6, 6.07) is 6.60. The summed E-state index contributed by atoms with van der Waals surface area (Å²) >= 11 is 0. The number of aryl methyl sites for hydroxylation is 1. The zero-order valence-electron chi connectivity index (χ0n) is 13.0. The Morgan fingerprint density at radius 3 is 2.95 bits per heavy atom. The molecule has 0 saturated carbocycles. The van der Waals surface area contributed by atoms with Gasteiger partial charge in [-0.2, -0.15) is 0 Å². The Bertz CT molecular complexity index is 745. The zero-order chi connectivity index (χ0) is 14.8. The predicted molar refractivity (Wildman–Crippen MR) is 84.2 cm³/mol. The van der Waals surface area contributed by atoms with Gasteiger partial charge in [0, 0.05) is 29.6 Å². The van der Waals surface area contributed by atoms with E-state index in [1.807, 2.05) is 0 Å². The average molecular weight is 282 g/mol. The smallest absolute Gasteiger partial charge is 0.223 e. The molecular weight excluding hydrogens is 260 g/mol. The number of benzene rings is 1. The van der Waals surface area contributed by atoms with Gasteiger partial charge in [-0.15, -0.1) is 0 Å². The summed E-state index contributed by atoms with van der Waals surface area (Å²) in [4.78, 5) is 18.1. The van der Waals surface area contributed by atoms with Crippen LogP contribution in [-0.4, -0.2) is 22.3 Å². The Morgan fingerprint density at radius 2 is 2.14 bits per heavy atom. The molecule has 3 nitrogen and oxygen atoms in total. The minimum Gasteiger partial charge on any atom is -0.356 e. The highest BCUT2D eigenvalue weighted by Gasteiger charge is 2.49. The van der Waals surface area contributed by atoms with E-state index >= 15 is 0 Å². The van der Waals surface area contributed by atoms with E-state index in [1.165, 1.54) is 27.7 Å². The van der Waals surface area contributed by atoms with Crippen molar-refractivity contribution in [3.63, 3.8) is 0 Å². The standard InChI is InChI=1S/C18H22N2O/c1-11-4-6-15-14(10-11)13-8-9-20-16(21)7-5-12(2)18(20,3)17(13)19-15/h4,6,10,12,19H,5,7-9H2,1-3H3/t12-,18-/m1/s1. The van der Waals surface area contributed by atoms with Gasteiger partial charge in [0.2, 0.25) is 5.91 Å². The van der Waals surface area contributed by atoms with Crippen LogP contribution in [-0.2, 0) is 16.8 Å². The quantitative estimate of drug-likeness (QED) is 0.788. The summed E-state index contributed by atoms with van der Waals surface area (Å²) in [5.74, 6) is 0.805. The van der Waals surface area contributed by atoms with Gasteiger partial charge in [0.15, 0.2) is 0 Å². The second kappa shape index (κ2) is 4.12. The molecule has 0 radical (unpaired) electrons. The fraction of sp³-hybridized carbons (Fsp3) is 0.500. The van der Waals surface area contributed by atoms with Gasteiger partial charge < -0.3 is 9.88 Å². The van der Waals surface area contributed by atoms with E-state index in [0.29, 0.717) is 18.2 Å². The lowest BCUT2D eigenvalue weighted by atomic mass is 9.72. The highest BCUT2D eigenvalue weighted by molar-refractivity contribution is 5.87. The third kappa shape index (κ3) is 1.57. The molecule has 1 fully saturated rings. The summed E-state index contributed by atoms with van der Waals surface area (Å²) in [6.45, 7) is 7.52. The van der Waals surface area contributed by atoms with Crippen LogP contribution in [0.3, 0.4) is 0 Å². The van der Waals surface area contributed by atoms with Crippen molar-refractivity contribution in [1.82, 2.24) is 9.88 Å². The van der Waals surface area contributed by atoms with Gasteiger partial charge in [0.25, 0.3) is 0 Å². The third-order valence-corrected chi connectivity index (χ3v) is 5.77. The van der Waals surface area contributed by atoms with Crippen LogP contribution in [0.4, 0.5) is 0 Å². The maximum Gasteiger partial charge on any atom is 0.223 e. The second-order valence-electron chi connectivity index (χ2n) is 6.91. The van der Waals surface area contributed by atoms with Crippen molar-refractivity contribution in [2.24, 2.45) is 5.92 Å². The molecule has 2 aliphatic heterocycles.